The van der Waals surface area contributed by atoms with Crippen LogP contribution in [-0.2, 0) is 11.3 Å². The van der Waals surface area contributed by atoms with Gasteiger partial charge in [-0.15, -0.1) is 24.8 Å². The van der Waals surface area contributed by atoms with Crippen molar-refractivity contribution in [2.45, 2.75) is 50.7 Å². The van der Waals surface area contributed by atoms with E-state index >= 15 is 0 Å². The molecule has 1 saturated heterocycles. The first-order valence-electron chi connectivity index (χ1n) is 9.73. The van der Waals surface area contributed by atoms with Crippen molar-refractivity contribution in [3.8, 4) is 0 Å². The van der Waals surface area contributed by atoms with Gasteiger partial charge in [0.15, 0.2) is 11.6 Å². The van der Waals surface area contributed by atoms with Crippen LogP contribution in [0.5, 0.6) is 0 Å². The monoisotopic (exact) mass is 435 g/mol. The van der Waals surface area contributed by atoms with Crippen molar-refractivity contribution >= 4 is 30.7 Å². The van der Waals surface area contributed by atoms with E-state index in [0.717, 1.165) is 44.3 Å². The lowest BCUT2D eigenvalue weighted by atomic mass is 9.84. The highest BCUT2D eigenvalue weighted by atomic mass is 35.5. The zero-order valence-corrected chi connectivity index (χ0v) is 17.4. The number of hydrogen-bond acceptors (Lipinski definition) is 3. The van der Waals surface area contributed by atoms with Gasteiger partial charge in [0.25, 0.3) is 0 Å². The number of hydrogen-bond donors (Lipinski definition) is 2. The largest absolute Gasteiger partial charge is 0.353 e. The van der Waals surface area contributed by atoms with Gasteiger partial charge in [-0.3, -0.25) is 9.69 Å². The molecule has 28 heavy (non-hydrogen) atoms. The maximum atomic E-state index is 13.3. The van der Waals surface area contributed by atoms with Crippen LogP contribution in [0, 0.1) is 29.4 Å². The Labute approximate surface area is 177 Å². The topological polar surface area (TPSA) is 58.4 Å². The van der Waals surface area contributed by atoms with Crippen molar-refractivity contribution in [3.05, 3.63) is 35.4 Å². The minimum atomic E-state index is -0.811. The first kappa shape index (κ1) is 23.3. The van der Waals surface area contributed by atoms with Gasteiger partial charge < -0.3 is 11.1 Å². The second kappa shape index (κ2) is 9.70. The smallest absolute Gasteiger partial charge is 0.225 e. The fourth-order valence-electron chi connectivity index (χ4n) is 5.15. The fourth-order valence-corrected chi connectivity index (χ4v) is 5.15. The van der Waals surface area contributed by atoms with Crippen LogP contribution in [0.25, 0.3) is 0 Å². The summed E-state index contributed by atoms with van der Waals surface area (Å²) in [7, 11) is 0. The predicted molar refractivity (Wildman–Crippen MR) is 110 cm³/mol. The maximum Gasteiger partial charge on any atom is 0.225 e. The number of nitrogens with zero attached hydrogens (tertiary/aromatic N) is 1. The molecule has 1 amide bonds. The lowest BCUT2D eigenvalue weighted by molar-refractivity contribution is -0.128. The van der Waals surface area contributed by atoms with E-state index in [0.29, 0.717) is 18.4 Å². The summed E-state index contributed by atoms with van der Waals surface area (Å²) in [6.07, 6.45) is 5.20. The first-order chi connectivity index (χ1) is 12.5. The molecule has 1 heterocycles. The average Bonchev–Trinajstić information content (AvgIpc) is 3.21. The molecule has 0 radical (unpaired) electrons. The molecule has 1 aliphatic heterocycles. The number of nitrogens with one attached hydrogen (secondary N) is 1. The Bertz CT molecular complexity index is 683. The maximum absolute atomic E-state index is 13.3. The Morgan fingerprint density at radius 3 is 2.36 bits per heavy atom. The molecule has 4 nitrogen and oxygen atoms in total. The van der Waals surface area contributed by atoms with Gasteiger partial charge in [-0.05, 0) is 61.6 Å². The van der Waals surface area contributed by atoms with Crippen molar-refractivity contribution < 1.29 is 13.6 Å². The van der Waals surface area contributed by atoms with E-state index in [1.165, 1.54) is 18.6 Å². The number of amides is 1. The second-order valence-electron chi connectivity index (χ2n) is 8.24. The molecular weight excluding hydrogens is 407 g/mol. The van der Waals surface area contributed by atoms with Crippen LogP contribution in [-0.4, -0.2) is 36.0 Å². The highest BCUT2D eigenvalue weighted by Crippen LogP contribution is 2.47. The summed E-state index contributed by atoms with van der Waals surface area (Å²) in [6, 6.07) is 4.29. The molecule has 3 fully saturated rings. The van der Waals surface area contributed by atoms with E-state index in [2.05, 4.69) is 10.2 Å². The number of fused-ring (bicyclic) bond motifs is 2. The molecule has 1 aromatic carbocycles. The Morgan fingerprint density at radius 2 is 1.75 bits per heavy atom. The van der Waals surface area contributed by atoms with Gasteiger partial charge in [0.2, 0.25) is 5.91 Å². The van der Waals surface area contributed by atoms with Crippen molar-refractivity contribution in [2.75, 3.05) is 13.1 Å². The molecule has 4 atom stereocenters. The van der Waals surface area contributed by atoms with Crippen LogP contribution in [0.4, 0.5) is 8.78 Å². The molecule has 1 aromatic rings. The summed E-state index contributed by atoms with van der Waals surface area (Å²) >= 11 is 0. The lowest BCUT2D eigenvalue weighted by Crippen LogP contribution is -2.50. The third kappa shape index (κ3) is 4.78. The molecule has 3 N–H and O–H groups in total. The highest BCUT2D eigenvalue weighted by Gasteiger charge is 2.49. The minimum absolute atomic E-state index is 0. The number of rotatable bonds is 4. The number of carbonyl (C=O) groups is 1. The van der Waals surface area contributed by atoms with E-state index in [-0.39, 0.29) is 48.7 Å². The first-order valence-corrected chi connectivity index (χ1v) is 9.73. The molecule has 0 aromatic heterocycles. The number of halogens is 4. The Hall–Kier alpha value is -0.950. The SMILES string of the molecule is Cl.Cl.NC1C2CCC(C2)C1C(=O)NC1CCN(Cc2ccc(F)c(F)c2)CC1. The molecule has 2 bridgehead atoms. The predicted octanol–water partition coefficient (Wildman–Crippen LogP) is 3.26. The number of nitrogens with two attached hydrogens (primary N) is 1. The molecule has 4 rings (SSSR count). The van der Waals surface area contributed by atoms with Gasteiger partial charge >= 0.3 is 0 Å². The van der Waals surface area contributed by atoms with E-state index in [1.807, 2.05) is 0 Å². The molecule has 8 heteroatoms. The van der Waals surface area contributed by atoms with Gasteiger partial charge in [0.05, 0.1) is 5.92 Å². The number of benzene rings is 1. The third-order valence-corrected chi connectivity index (χ3v) is 6.61. The third-order valence-electron chi connectivity index (χ3n) is 6.61. The number of carbonyl (C=O) groups excluding carboxylic acids is 1. The van der Waals surface area contributed by atoms with Crippen LogP contribution in [0.1, 0.15) is 37.7 Å². The van der Waals surface area contributed by atoms with Crippen molar-refractivity contribution in [1.82, 2.24) is 10.2 Å². The van der Waals surface area contributed by atoms with Crippen LogP contribution >= 0.6 is 24.8 Å². The number of likely N-dealkylation sites (tertiary alicyclic amines) is 1. The Morgan fingerprint density at radius 1 is 1.07 bits per heavy atom. The number of piperidine rings is 1. The molecule has 2 saturated carbocycles. The summed E-state index contributed by atoms with van der Waals surface area (Å²) in [6.45, 7) is 2.29. The van der Waals surface area contributed by atoms with E-state index in [4.69, 9.17) is 5.73 Å². The summed E-state index contributed by atoms with van der Waals surface area (Å²) in [4.78, 5) is 14.9. The molecule has 4 unspecified atom stereocenters. The molecular formula is C20H29Cl2F2N3O. The van der Waals surface area contributed by atoms with Crippen LogP contribution in [0.2, 0.25) is 0 Å². The van der Waals surface area contributed by atoms with E-state index in [1.54, 1.807) is 6.07 Å². The van der Waals surface area contributed by atoms with E-state index < -0.39 is 11.6 Å². The van der Waals surface area contributed by atoms with Gasteiger partial charge in [0.1, 0.15) is 0 Å². The van der Waals surface area contributed by atoms with Crippen molar-refractivity contribution in [3.63, 3.8) is 0 Å². The minimum Gasteiger partial charge on any atom is -0.353 e. The molecule has 158 valence electrons. The van der Waals surface area contributed by atoms with Crippen molar-refractivity contribution in [1.29, 1.82) is 0 Å². The van der Waals surface area contributed by atoms with Gasteiger partial charge in [-0.1, -0.05) is 6.07 Å². The standard InChI is InChI=1S/C20H27F2N3O.2ClH/c21-16-4-1-12(9-17(16)22)11-25-7-5-15(6-8-25)24-20(26)18-13-2-3-14(10-13)19(18)23;;/h1,4,9,13-15,18-19H,2-3,5-8,10-11,23H2,(H,24,26);2*1H. The van der Waals surface area contributed by atoms with Crippen molar-refractivity contribution in [2.24, 2.45) is 23.5 Å². The summed E-state index contributed by atoms with van der Waals surface area (Å²) < 4.78 is 26.4. The summed E-state index contributed by atoms with van der Waals surface area (Å²) in [5, 5.41) is 3.22. The zero-order chi connectivity index (χ0) is 18.3. The normalized spacial score (nSPS) is 29.8. The summed E-state index contributed by atoms with van der Waals surface area (Å²) in [5.41, 5.74) is 7.05. The van der Waals surface area contributed by atoms with E-state index in [9.17, 15) is 13.6 Å². The summed E-state index contributed by atoms with van der Waals surface area (Å²) in [5.74, 6) is -0.462. The second-order valence-corrected chi connectivity index (χ2v) is 8.24. The molecule has 0 spiro atoms. The van der Waals surface area contributed by atoms with Gasteiger partial charge in [-0.25, -0.2) is 8.78 Å². The Balaban J connectivity index is 0.00000140. The average molecular weight is 436 g/mol. The quantitative estimate of drug-likeness (QED) is 0.762. The lowest BCUT2D eigenvalue weighted by Gasteiger charge is -2.34. The highest BCUT2D eigenvalue weighted by molar-refractivity contribution is 5.85. The van der Waals surface area contributed by atoms with Gasteiger partial charge in [-0.2, -0.15) is 0 Å². The molecule has 2 aliphatic carbocycles. The Kier molecular flexibility index (Phi) is 8.08. The van der Waals surface area contributed by atoms with Gasteiger partial charge in [0, 0.05) is 31.7 Å². The van der Waals surface area contributed by atoms with Crippen LogP contribution in [0.3, 0.4) is 0 Å². The van der Waals surface area contributed by atoms with Crippen LogP contribution in [0.15, 0.2) is 18.2 Å². The van der Waals surface area contributed by atoms with Crippen LogP contribution < -0.4 is 11.1 Å². The fraction of sp³-hybridized carbons (Fsp3) is 0.650. The zero-order valence-electron chi connectivity index (χ0n) is 15.8. The molecule has 3 aliphatic rings.